The zero-order valence-electron chi connectivity index (χ0n) is 25.2. The first-order valence-corrected chi connectivity index (χ1v) is 16.1. The standard InChI is InChI=1S/C33H39N5O4S/c1-5-12-28-23-37(20-19-36(28)22-26-13-8-6-9-14-26)32(39)30-21-29(18-17-24(30)2)43(41,42)34-31-25(3)35(4)38(33(31)40)27-15-10-7-11-16-27/h6-11,13-18,21,28,34H,5,12,19-20,22-23H2,1-4H3. The maximum atomic E-state index is 13.8. The highest BCUT2D eigenvalue weighted by molar-refractivity contribution is 7.92. The van der Waals surface area contributed by atoms with E-state index in [2.05, 4.69) is 28.7 Å². The molecule has 1 saturated heterocycles. The Morgan fingerprint density at radius 1 is 0.953 bits per heavy atom. The molecular weight excluding hydrogens is 562 g/mol. The number of piperazine rings is 1. The molecule has 0 saturated carbocycles. The fraction of sp³-hybridized carbons (Fsp3) is 0.333. The smallest absolute Gasteiger partial charge is 0.296 e. The molecule has 1 fully saturated rings. The number of amides is 1. The Kier molecular flexibility index (Phi) is 8.89. The van der Waals surface area contributed by atoms with E-state index in [1.807, 2.05) is 48.2 Å². The average molecular weight is 602 g/mol. The van der Waals surface area contributed by atoms with Crippen LogP contribution in [0.25, 0.3) is 5.69 Å². The molecule has 2 heterocycles. The van der Waals surface area contributed by atoms with E-state index in [4.69, 9.17) is 0 Å². The summed E-state index contributed by atoms with van der Waals surface area (Å²) in [6.45, 7) is 8.36. The maximum absolute atomic E-state index is 13.8. The number of aryl methyl sites for hydroxylation is 1. The second kappa shape index (κ2) is 12.6. The SMILES string of the molecule is CCCC1CN(C(=O)c2cc(S(=O)(=O)Nc3c(C)n(C)n(-c4ccccc4)c3=O)ccc2C)CCN1Cc1ccccc1. The van der Waals surface area contributed by atoms with Gasteiger partial charge in [0.1, 0.15) is 5.69 Å². The van der Waals surface area contributed by atoms with Crippen LogP contribution in [0.2, 0.25) is 0 Å². The summed E-state index contributed by atoms with van der Waals surface area (Å²) in [6.07, 6.45) is 1.96. The van der Waals surface area contributed by atoms with E-state index < -0.39 is 15.6 Å². The molecule has 1 aliphatic rings. The number of aromatic nitrogens is 2. The summed E-state index contributed by atoms with van der Waals surface area (Å²) in [5.41, 5.74) is 2.87. The molecule has 1 unspecified atom stereocenters. The predicted molar refractivity (Wildman–Crippen MR) is 169 cm³/mol. The lowest BCUT2D eigenvalue weighted by atomic mass is 10.0. The largest absolute Gasteiger partial charge is 0.336 e. The fourth-order valence-electron chi connectivity index (χ4n) is 5.76. The van der Waals surface area contributed by atoms with Gasteiger partial charge in [-0.05, 0) is 55.7 Å². The van der Waals surface area contributed by atoms with E-state index in [0.29, 0.717) is 35.6 Å². The van der Waals surface area contributed by atoms with Crippen LogP contribution in [0.15, 0.2) is 88.6 Å². The maximum Gasteiger partial charge on any atom is 0.296 e. The number of rotatable bonds is 9. The first kappa shape index (κ1) is 30.3. The molecule has 0 aliphatic carbocycles. The van der Waals surface area contributed by atoms with E-state index >= 15 is 0 Å². The molecule has 1 aromatic heterocycles. The van der Waals surface area contributed by atoms with Crippen molar-refractivity contribution < 1.29 is 13.2 Å². The lowest BCUT2D eigenvalue weighted by Crippen LogP contribution is -2.54. The fourth-order valence-corrected chi connectivity index (χ4v) is 6.90. The number of para-hydroxylation sites is 1. The van der Waals surface area contributed by atoms with E-state index in [1.165, 1.54) is 22.4 Å². The van der Waals surface area contributed by atoms with Crippen molar-refractivity contribution in [1.29, 1.82) is 0 Å². The molecule has 3 aromatic carbocycles. The zero-order chi connectivity index (χ0) is 30.7. The van der Waals surface area contributed by atoms with Gasteiger partial charge in [0.15, 0.2) is 0 Å². The van der Waals surface area contributed by atoms with Gasteiger partial charge in [-0.3, -0.25) is 23.9 Å². The van der Waals surface area contributed by atoms with E-state index in [9.17, 15) is 18.0 Å². The second-order valence-corrected chi connectivity index (χ2v) is 12.9. The van der Waals surface area contributed by atoms with Crippen molar-refractivity contribution >= 4 is 21.6 Å². The number of anilines is 1. The molecule has 1 atom stereocenters. The van der Waals surface area contributed by atoms with Gasteiger partial charge in [-0.1, -0.05) is 67.9 Å². The van der Waals surface area contributed by atoms with Crippen molar-refractivity contribution in [3.63, 3.8) is 0 Å². The lowest BCUT2D eigenvalue weighted by Gasteiger charge is -2.41. The van der Waals surface area contributed by atoms with Crippen molar-refractivity contribution in [2.75, 3.05) is 24.4 Å². The van der Waals surface area contributed by atoms with Crippen LogP contribution in [0, 0.1) is 13.8 Å². The number of sulfonamides is 1. The third kappa shape index (κ3) is 6.30. The van der Waals surface area contributed by atoms with Gasteiger partial charge in [-0.2, -0.15) is 0 Å². The molecule has 0 radical (unpaired) electrons. The van der Waals surface area contributed by atoms with Crippen molar-refractivity contribution in [3.05, 3.63) is 112 Å². The molecule has 9 nitrogen and oxygen atoms in total. The highest BCUT2D eigenvalue weighted by Crippen LogP contribution is 2.24. The van der Waals surface area contributed by atoms with Gasteiger partial charge in [-0.25, -0.2) is 13.1 Å². The van der Waals surface area contributed by atoms with Gasteiger partial charge in [0.05, 0.1) is 16.3 Å². The molecule has 0 bridgehead atoms. The Bertz CT molecular complexity index is 1760. The third-order valence-electron chi connectivity index (χ3n) is 8.28. The minimum Gasteiger partial charge on any atom is -0.336 e. The Morgan fingerprint density at radius 3 is 2.30 bits per heavy atom. The molecule has 1 amide bonds. The average Bonchev–Trinajstić information content (AvgIpc) is 3.21. The number of benzene rings is 3. The number of nitrogens with zero attached hydrogens (tertiary/aromatic N) is 4. The minimum atomic E-state index is -4.17. The summed E-state index contributed by atoms with van der Waals surface area (Å²) in [5, 5.41) is 0. The summed E-state index contributed by atoms with van der Waals surface area (Å²) in [6, 6.07) is 24.1. The number of nitrogens with one attached hydrogen (secondary N) is 1. The van der Waals surface area contributed by atoms with Crippen LogP contribution in [0.3, 0.4) is 0 Å². The van der Waals surface area contributed by atoms with E-state index in [-0.39, 0.29) is 22.5 Å². The zero-order valence-corrected chi connectivity index (χ0v) is 26.0. The molecule has 0 spiro atoms. The van der Waals surface area contributed by atoms with Crippen molar-refractivity contribution in [3.8, 4) is 5.69 Å². The Balaban J connectivity index is 1.38. The number of hydrogen-bond donors (Lipinski definition) is 1. The molecule has 1 N–H and O–H groups in total. The first-order valence-electron chi connectivity index (χ1n) is 14.7. The molecule has 226 valence electrons. The van der Waals surface area contributed by atoms with Crippen LogP contribution in [-0.2, 0) is 23.6 Å². The molecule has 5 rings (SSSR count). The summed E-state index contributed by atoms with van der Waals surface area (Å²) in [4.78, 5) is 31.4. The van der Waals surface area contributed by atoms with Crippen LogP contribution in [-0.4, -0.2) is 59.2 Å². The van der Waals surface area contributed by atoms with Crippen molar-refractivity contribution in [1.82, 2.24) is 19.2 Å². The Labute approximate surface area is 253 Å². The third-order valence-corrected chi connectivity index (χ3v) is 9.63. The lowest BCUT2D eigenvalue weighted by molar-refractivity contribution is 0.0437. The quantitative estimate of drug-likeness (QED) is 0.300. The Hall–Kier alpha value is -4.15. The Morgan fingerprint density at radius 2 is 1.63 bits per heavy atom. The summed E-state index contributed by atoms with van der Waals surface area (Å²) < 4.78 is 32.7. The van der Waals surface area contributed by atoms with Gasteiger partial charge >= 0.3 is 0 Å². The van der Waals surface area contributed by atoms with E-state index in [1.54, 1.807) is 36.9 Å². The monoisotopic (exact) mass is 601 g/mol. The highest BCUT2D eigenvalue weighted by atomic mass is 32.2. The topological polar surface area (TPSA) is 96.6 Å². The van der Waals surface area contributed by atoms with Gasteiger partial charge in [-0.15, -0.1) is 0 Å². The van der Waals surface area contributed by atoms with Gasteiger partial charge < -0.3 is 4.90 Å². The van der Waals surface area contributed by atoms with Crippen LogP contribution >= 0.6 is 0 Å². The molecular formula is C33H39N5O4S. The summed E-state index contributed by atoms with van der Waals surface area (Å²) >= 11 is 0. The van der Waals surface area contributed by atoms with Crippen molar-refractivity contribution in [2.45, 2.75) is 51.1 Å². The number of carbonyl (C=O) groups is 1. The molecule has 43 heavy (non-hydrogen) atoms. The van der Waals surface area contributed by atoms with Gasteiger partial charge in [0.25, 0.3) is 21.5 Å². The summed E-state index contributed by atoms with van der Waals surface area (Å²) in [7, 11) is -2.46. The number of carbonyl (C=O) groups excluding carboxylic acids is 1. The first-order chi connectivity index (χ1) is 20.6. The van der Waals surface area contributed by atoms with Crippen LogP contribution in [0.5, 0.6) is 0 Å². The molecule has 1 aliphatic heterocycles. The van der Waals surface area contributed by atoms with Crippen molar-refractivity contribution in [2.24, 2.45) is 7.05 Å². The minimum absolute atomic E-state index is 0.0308. The highest BCUT2D eigenvalue weighted by Gasteiger charge is 2.31. The van der Waals surface area contributed by atoms with Gasteiger partial charge in [0, 0.05) is 44.8 Å². The number of hydrogen-bond acceptors (Lipinski definition) is 5. The van der Waals surface area contributed by atoms with Crippen LogP contribution in [0.1, 0.15) is 46.9 Å². The van der Waals surface area contributed by atoms with Crippen LogP contribution < -0.4 is 10.3 Å². The molecule has 10 heteroatoms. The normalized spacial score (nSPS) is 15.9. The molecule has 4 aromatic rings. The van der Waals surface area contributed by atoms with E-state index in [0.717, 1.165) is 25.9 Å². The second-order valence-electron chi connectivity index (χ2n) is 11.2. The predicted octanol–water partition coefficient (Wildman–Crippen LogP) is 4.72. The summed E-state index contributed by atoms with van der Waals surface area (Å²) in [5.74, 6) is -0.183. The van der Waals surface area contributed by atoms with Gasteiger partial charge in [0.2, 0.25) is 0 Å². The van der Waals surface area contributed by atoms with Crippen LogP contribution in [0.4, 0.5) is 5.69 Å².